The van der Waals surface area contributed by atoms with Crippen LogP contribution in [0.5, 0.6) is 5.75 Å². The Morgan fingerprint density at radius 1 is 1.05 bits per heavy atom. The Labute approximate surface area is 245 Å². The zero-order valence-corrected chi connectivity index (χ0v) is 24.1. The van der Waals surface area contributed by atoms with Crippen molar-refractivity contribution >= 4 is 29.3 Å². The van der Waals surface area contributed by atoms with Crippen LogP contribution in [0.15, 0.2) is 72.8 Å². The van der Waals surface area contributed by atoms with E-state index in [0.717, 1.165) is 5.56 Å². The number of aromatic carboxylic acids is 1. The van der Waals surface area contributed by atoms with Crippen LogP contribution in [-0.2, 0) is 17.8 Å². The van der Waals surface area contributed by atoms with Gasteiger partial charge in [-0.25, -0.2) is 9.59 Å². The Kier molecular flexibility index (Phi) is 10.2. The first kappa shape index (κ1) is 30.5. The molecule has 0 spiro atoms. The Bertz CT molecular complexity index is 1380. The van der Waals surface area contributed by atoms with Gasteiger partial charge in [0.05, 0.1) is 24.6 Å². The van der Waals surface area contributed by atoms with Gasteiger partial charge in [-0.1, -0.05) is 37.3 Å². The van der Waals surface area contributed by atoms with Gasteiger partial charge in [-0.2, -0.15) is 0 Å². The number of ether oxygens (including phenoxy) is 1. The van der Waals surface area contributed by atoms with Gasteiger partial charge in [0.15, 0.2) is 0 Å². The molecule has 0 saturated heterocycles. The Hall–Kier alpha value is -4.41. The number of carbonyl (C=O) groups is 3. The molecule has 3 aromatic rings. The zero-order chi connectivity index (χ0) is 30.2. The molecule has 0 fully saturated rings. The lowest BCUT2D eigenvalue weighted by Crippen LogP contribution is -2.47. The van der Waals surface area contributed by atoms with Gasteiger partial charge in [0, 0.05) is 42.5 Å². The number of para-hydroxylation sites is 1. The fourth-order valence-electron chi connectivity index (χ4n) is 4.98. The molecule has 3 aromatic carbocycles. The number of nitrogens with one attached hydrogen (secondary N) is 2. The molecule has 4 N–H and O–H groups in total. The molecule has 3 amide bonds. The number of carboxylic acids is 1. The Morgan fingerprint density at radius 2 is 1.74 bits per heavy atom. The van der Waals surface area contributed by atoms with Crippen molar-refractivity contribution in [2.45, 2.75) is 39.0 Å². The largest absolute Gasteiger partial charge is 0.488 e. The van der Waals surface area contributed by atoms with E-state index in [1.165, 1.54) is 0 Å². The molecule has 0 aromatic heterocycles. The molecule has 0 unspecified atom stereocenters. The maximum Gasteiger partial charge on any atom is 0.335 e. The molecule has 3 atom stereocenters. The van der Waals surface area contributed by atoms with E-state index in [2.05, 4.69) is 15.5 Å². The fraction of sp³-hybridized carbons (Fsp3) is 0.344. The second-order valence-corrected chi connectivity index (χ2v) is 10.9. The van der Waals surface area contributed by atoms with Gasteiger partial charge >= 0.3 is 12.0 Å². The highest BCUT2D eigenvalue weighted by molar-refractivity contribution is 6.00. The maximum atomic E-state index is 13.5. The van der Waals surface area contributed by atoms with E-state index in [4.69, 9.17) is 4.74 Å². The number of nitrogens with zero attached hydrogens (tertiary/aromatic N) is 2. The average molecular weight is 575 g/mol. The lowest BCUT2D eigenvalue weighted by Gasteiger charge is -2.34. The normalized spacial score (nSPS) is 17.7. The summed E-state index contributed by atoms with van der Waals surface area (Å²) in [5, 5.41) is 24.7. The molecule has 1 heterocycles. The predicted octanol–water partition coefficient (Wildman–Crippen LogP) is 4.31. The number of aliphatic hydroxyl groups is 1. The van der Waals surface area contributed by atoms with Gasteiger partial charge in [-0.15, -0.1) is 0 Å². The number of aliphatic hydroxyl groups excluding tert-OH is 1. The SMILES string of the molecule is C[C@H]1CN([C@@H](C)CO)C(=O)Cc2cc(NC(=O)Nc3ccccc3)ccc2O[C@H]1CN(C)Cc1ccc(C(=O)O)cc1. The van der Waals surface area contributed by atoms with Crippen molar-refractivity contribution in [3.8, 4) is 5.75 Å². The van der Waals surface area contributed by atoms with Gasteiger partial charge in [0.25, 0.3) is 0 Å². The van der Waals surface area contributed by atoms with E-state index in [1.54, 1.807) is 59.5 Å². The smallest absolute Gasteiger partial charge is 0.335 e. The van der Waals surface area contributed by atoms with Crippen molar-refractivity contribution in [1.29, 1.82) is 0 Å². The second-order valence-electron chi connectivity index (χ2n) is 10.9. The molecule has 1 aliphatic rings. The van der Waals surface area contributed by atoms with Crippen LogP contribution in [0.25, 0.3) is 0 Å². The number of anilines is 2. The van der Waals surface area contributed by atoms with Gasteiger partial charge in [-0.3, -0.25) is 9.69 Å². The van der Waals surface area contributed by atoms with E-state index in [-0.39, 0.29) is 42.6 Å². The number of fused-ring (bicyclic) bond motifs is 1. The number of hydrogen-bond donors (Lipinski definition) is 4. The molecule has 0 radical (unpaired) electrons. The molecule has 10 nitrogen and oxygen atoms in total. The molecular formula is C32H38N4O6. The minimum atomic E-state index is -0.965. The third-order valence-electron chi connectivity index (χ3n) is 7.35. The zero-order valence-electron chi connectivity index (χ0n) is 24.1. The van der Waals surface area contributed by atoms with Gasteiger partial charge in [0.2, 0.25) is 5.91 Å². The average Bonchev–Trinajstić information content (AvgIpc) is 3.00. The first-order chi connectivity index (χ1) is 20.1. The minimum absolute atomic E-state index is 0.0563. The summed E-state index contributed by atoms with van der Waals surface area (Å²) in [4.78, 5) is 41.0. The van der Waals surface area contributed by atoms with Gasteiger partial charge < -0.3 is 30.5 Å². The highest BCUT2D eigenvalue weighted by Gasteiger charge is 2.31. The Morgan fingerprint density at radius 3 is 2.40 bits per heavy atom. The summed E-state index contributed by atoms with van der Waals surface area (Å²) < 4.78 is 6.56. The van der Waals surface area contributed by atoms with Crippen molar-refractivity contribution in [2.75, 3.05) is 37.4 Å². The third kappa shape index (κ3) is 8.08. The van der Waals surface area contributed by atoms with E-state index in [9.17, 15) is 24.6 Å². The van der Waals surface area contributed by atoms with Crippen LogP contribution in [0.2, 0.25) is 0 Å². The van der Waals surface area contributed by atoms with Crippen LogP contribution in [0.3, 0.4) is 0 Å². The quantitative estimate of drug-likeness (QED) is 0.300. The monoisotopic (exact) mass is 574 g/mol. The summed E-state index contributed by atoms with van der Waals surface area (Å²) >= 11 is 0. The molecule has 222 valence electrons. The second kappa shape index (κ2) is 14.0. The minimum Gasteiger partial charge on any atom is -0.488 e. The van der Waals surface area contributed by atoms with Crippen molar-refractivity contribution in [1.82, 2.24) is 9.80 Å². The van der Waals surface area contributed by atoms with Crippen LogP contribution in [0.4, 0.5) is 16.2 Å². The van der Waals surface area contributed by atoms with E-state index >= 15 is 0 Å². The standard InChI is InChI=1S/C32H38N4O6/c1-21-17-36(22(2)20-37)30(38)16-25-15-27(34-32(41)33-26-7-5-4-6-8-26)13-14-28(25)42-29(21)19-35(3)18-23-9-11-24(12-10-23)31(39)40/h4-15,21-22,29,37H,16-20H2,1-3H3,(H,39,40)(H2,33,34,41)/t21-,22-,29-/m0/s1. The van der Waals surface area contributed by atoms with Crippen LogP contribution in [0.1, 0.15) is 35.3 Å². The molecule has 10 heteroatoms. The van der Waals surface area contributed by atoms with E-state index in [1.807, 2.05) is 39.1 Å². The molecule has 1 aliphatic heterocycles. The number of benzene rings is 3. The maximum absolute atomic E-state index is 13.5. The van der Waals surface area contributed by atoms with Crippen molar-refractivity contribution in [3.63, 3.8) is 0 Å². The number of likely N-dealkylation sites (N-methyl/N-ethyl adjacent to an activating group) is 1. The lowest BCUT2D eigenvalue weighted by molar-refractivity contribution is -0.134. The predicted molar refractivity (Wildman–Crippen MR) is 161 cm³/mol. The number of carbonyl (C=O) groups excluding carboxylic acids is 2. The molecular weight excluding hydrogens is 536 g/mol. The summed E-state index contributed by atoms with van der Waals surface area (Å²) in [5.74, 6) is -0.605. The van der Waals surface area contributed by atoms with Crippen molar-refractivity contribution < 1.29 is 29.3 Å². The van der Waals surface area contributed by atoms with Crippen molar-refractivity contribution in [3.05, 3.63) is 89.5 Å². The number of carboxylic acid groups (broad SMARTS) is 1. The number of urea groups is 1. The van der Waals surface area contributed by atoms with Crippen molar-refractivity contribution in [2.24, 2.45) is 5.92 Å². The Balaban J connectivity index is 1.55. The summed E-state index contributed by atoms with van der Waals surface area (Å²) in [5.41, 5.74) is 3.02. The third-order valence-corrected chi connectivity index (χ3v) is 7.35. The van der Waals surface area contributed by atoms with Crippen LogP contribution >= 0.6 is 0 Å². The lowest BCUT2D eigenvalue weighted by atomic mass is 10.0. The summed E-state index contributed by atoms with van der Waals surface area (Å²) in [6.45, 7) is 5.21. The molecule has 0 aliphatic carbocycles. The number of hydrogen-bond acceptors (Lipinski definition) is 6. The molecule has 0 saturated carbocycles. The van der Waals surface area contributed by atoms with Gasteiger partial charge in [-0.05, 0) is 62.0 Å². The highest BCUT2D eigenvalue weighted by Crippen LogP contribution is 2.29. The molecule has 42 heavy (non-hydrogen) atoms. The first-order valence-electron chi connectivity index (χ1n) is 14.0. The van der Waals surface area contributed by atoms with Crippen LogP contribution < -0.4 is 15.4 Å². The first-order valence-corrected chi connectivity index (χ1v) is 14.0. The molecule has 0 bridgehead atoms. The highest BCUT2D eigenvalue weighted by atomic mass is 16.5. The summed E-state index contributed by atoms with van der Waals surface area (Å²) in [6.07, 6.45) is -0.243. The summed E-state index contributed by atoms with van der Waals surface area (Å²) in [7, 11) is 1.96. The van der Waals surface area contributed by atoms with Crippen LogP contribution in [-0.4, -0.2) is 76.8 Å². The number of rotatable bonds is 9. The topological polar surface area (TPSA) is 131 Å². The fourth-order valence-corrected chi connectivity index (χ4v) is 4.98. The summed E-state index contributed by atoms with van der Waals surface area (Å²) in [6, 6.07) is 20.4. The van der Waals surface area contributed by atoms with E-state index in [0.29, 0.717) is 42.3 Å². The van der Waals surface area contributed by atoms with Gasteiger partial charge in [0.1, 0.15) is 11.9 Å². The molecule has 4 rings (SSSR count). The number of amides is 3. The van der Waals surface area contributed by atoms with Crippen LogP contribution in [0, 0.1) is 5.92 Å². The van der Waals surface area contributed by atoms with E-state index < -0.39 is 12.0 Å².